The predicted octanol–water partition coefficient (Wildman–Crippen LogP) is 2.55. The van der Waals surface area contributed by atoms with E-state index >= 15 is 0 Å². The molecule has 0 bridgehead atoms. The van der Waals surface area contributed by atoms with Gasteiger partial charge in [-0.2, -0.15) is 5.10 Å². The van der Waals surface area contributed by atoms with E-state index in [0.717, 1.165) is 29.8 Å². The summed E-state index contributed by atoms with van der Waals surface area (Å²) in [6.07, 6.45) is 4.53. The van der Waals surface area contributed by atoms with Crippen molar-refractivity contribution in [2.24, 2.45) is 0 Å². The molecule has 0 saturated heterocycles. The maximum Gasteiger partial charge on any atom is 0.0675 e. The Balaban J connectivity index is 2.56. The summed E-state index contributed by atoms with van der Waals surface area (Å²) in [6, 6.07) is 1.95. The first kappa shape index (κ1) is 11.6. The van der Waals surface area contributed by atoms with E-state index in [9.17, 15) is 0 Å². The number of nitrogens with zero attached hydrogens (tertiary/aromatic N) is 3. The van der Waals surface area contributed by atoms with Crippen LogP contribution in [0.1, 0.15) is 24.7 Å². The summed E-state index contributed by atoms with van der Waals surface area (Å²) < 4.78 is 2.05. The van der Waals surface area contributed by atoms with Gasteiger partial charge in [0, 0.05) is 29.6 Å². The molecule has 90 valence electrons. The molecule has 2 aromatic heterocycles. The maximum atomic E-state index is 5.97. The number of aryl methyl sites for hydroxylation is 2. The molecule has 0 radical (unpaired) electrons. The molecule has 0 aliphatic carbocycles. The number of anilines is 1. The molecule has 0 aliphatic rings. The molecular formula is C13H18N4. The quantitative estimate of drug-likeness (QED) is 0.881. The SMILES string of the molecule is CCCn1nc(C)c(-c2ccncc2N)c1C. The average Bonchev–Trinajstić information content (AvgIpc) is 2.57. The summed E-state index contributed by atoms with van der Waals surface area (Å²) in [5.41, 5.74) is 11.0. The van der Waals surface area contributed by atoms with Crippen LogP contribution in [0.25, 0.3) is 11.1 Å². The minimum Gasteiger partial charge on any atom is -0.397 e. The molecule has 0 saturated carbocycles. The summed E-state index contributed by atoms with van der Waals surface area (Å²) in [6.45, 7) is 7.20. The molecule has 2 aromatic rings. The lowest BCUT2D eigenvalue weighted by Crippen LogP contribution is -2.01. The Morgan fingerprint density at radius 1 is 1.35 bits per heavy atom. The Kier molecular flexibility index (Phi) is 3.13. The third-order valence-electron chi connectivity index (χ3n) is 2.94. The highest BCUT2D eigenvalue weighted by molar-refractivity contribution is 5.78. The zero-order chi connectivity index (χ0) is 12.4. The van der Waals surface area contributed by atoms with Gasteiger partial charge in [0.25, 0.3) is 0 Å². The van der Waals surface area contributed by atoms with Crippen molar-refractivity contribution in [3.8, 4) is 11.1 Å². The largest absolute Gasteiger partial charge is 0.397 e. The minimum absolute atomic E-state index is 0.703. The average molecular weight is 230 g/mol. The number of nitrogen functional groups attached to an aromatic ring is 1. The van der Waals surface area contributed by atoms with E-state index in [1.807, 2.05) is 17.7 Å². The van der Waals surface area contributed by atoms with Crippen molar-refractivity contribution < 1.29 is 0 Å². The first-order valence-corrected chi connectivity index (χ1v) is 5.89. The van der Waals surface area contributed by atoms with Crippen molar-refractivity contribution in [2.75, 3.05) is 5.73 Å². The molecule has 2 heterocycles. The van der Waals surface area contributed by atoms with Crippen LogP contribution in [0.2, 0.25) is 0 Å². The standard InChI is InChI=1S/C13H18N4/c1-4-7-17-10(3)13(9(2)16-17)11-5-6-15-8-12(11)14/h5-6,8H,4,7,14H2,1-3H3. The van der Waals surface area contributed by atoms with Gasteiger partial charge in [-0.1, -0.05) is 6.92 Å². The normalized spacial score (nSPS) is 10.8. The van der Waals surface area contributed by atoms with Crippen molar-refractivity contribution in [3.05, 3.63) is 29.8 Å². The minimum atomic E-state index is 0.703. The molecule has 17 heavy (non-hydrogen) atoms. The van der Waals surface area contributed by atoms with Gasteiger partial charge >= 0.3 is 0 Å². The summed E-state index contributed by atoms with van der Waals surface area (Å²) in [4.78, 5) is 4.02. The van der Waals surface area contributed by atoms with E-state index in [1.54, 1.807) is 12.4 Å². The Hall–Kier alpha value is -1.84. The molecule has 0 spiro atoms. The van der Waals surface area contributed by atoms with Gasteiger partial charge in [-0.05, 0) is 26.3 Å². The summed E-state index contributed by atoms with van der Waals surface area (Å²) in [5, 5.41) is 4.56. The van der Waals surface area contributed by atoms with E-state index in [4.69, 9.17) is 5.73 Å². The molecule has 0 fully saturated rings. The Labute approximate surface area is 101 Å². The Morgan fingerprint density at radius 2 is 2.12 bits per heavy atom. The highest BCUT2D eigenvalue weighted by atomic mass is 15.3. The Morgan fingerprint density at radius 3 is 2.76 bits per heavy atom. The highest BCUT2D eigenvalue weighted by Gasteiger charge is 2.14. The van der Waals surface area contributed by atoms with E-state index in [2.05, 4.69) is 23.9 Å². The number of aromatic nitrogens is 3. The fourth-order valence-electron chi connectivity index (χ4n) is 2.15. The fourth-order valence-corrected chi connectivity index (χ4v) is 2.15. The van der Waals surface area contributed by atoms with Crippen LogP contribution in [0, 0.1) is 13.8 Å². The van der Waals surface area contributed by atoms with Crippen molar-refractivity contribution in [1.29, 1.82) is 0 Å². The molecule has 0 amide bonds. The van der Waals surface area contributed by atoms with Crippen LogP contribution in [0.3, 0.4) is 0 Å². The monoisotopic (exact) mass is 230 g/mol. The van der Waals surface area contributed by atoms with E-state index < -0.39 is 0 Å². The van der Waals surface area contributed by atoms with Crippen LogP contribution >= 0.6 is 0 Å². The zero-order valence-electron chi connectivity index (χ0n) is 10.6. The predicted molar refractivity (Wildman–Crippen MR) is 69.6 cm³/mol. The molecule has 0 aromatic carbocycles. The second-order valence-corrected chi connectivity index (χ2v) is 4.23. The van der Waals surface area contributed by atoms with Gasteiger partial charge < -0.3 is 5.73 Å². The van der Waals surface area contributed by atoms with Crippen LogP contribution in [-0.2, 0) is 6.54 Å². The van der Waals surface area contributed by atoms with Crippen molar-refractivity contribution in [2.45, 2.75) is 33.7 Å². The third-order valence-corrected chi connectivity index (χ3v) is 2.94. The first-order chi connectivity index (χ1) is 8.15. The zero-order valence-corrected chi connectivity index (χ0v) is 10.6. The van der Waals surface area contributed by atoms with Gasteiger partial charge in [-0.15, -0.1) is 0 Å². The van der Waals surface area contributed by atoms with Crippen LogP contribution in [0.5, 0.6) is 0 Å². The molecule has 4 nitrogen and oxygen atoms in total. The van der Waals surface area contributed by atoms with Gasteiger partial charge in [-0.3, -0.25) is 9.67 Å². The molecule has 0 aliphatic heterocycles. The smallest absolute Gasteiger partial charge is 0.0675 e. The van der Waals surface area contributed by atoms with Gasteiger partial charge in [-0.25, -0.2) is 0 Å². The topological polar surface area (TPSA) is 56.7 Å². The molecule has 0 atom stereocenters. The first-order valence-electron chi connectivity index (χ1n) is 5.89. The molecule has 2 rings (SSSR count). The van der Waals surface area contributed by atoms with Crippen molar-refractivity contribution in [1.82, 2.24) is 14.8 Å². The summed E-state index contributed by atoms with van der Waals surface area (Å²) in [7, 11) is 0. The number of rotatable bonds is 3. The maximum absolute atomic E-state index is 5.97. The number of hydrogen-bond donors (Lipinski definition) is 1. The van der Waals surface area contributed by atoms with E-state index in [0.29, 0.717) is 5.69 Å². The van der Waals surface area contributed by atoms with E-state index in [1.165, 1.54) is 5.69 Å². The van der Waals surface area contributed by atoms with Crippen LogP contribution in [0.15, 0.2) is 18.5 Å². The van der Waals surface area contributed by atoms with Crippen molar-refractivity contribution in [3.63, 3.8) is 0 Å². The van der Waals surface area contributed by atoms with Crippen molar-refractivity contribution >= 4 is 5.69 Å². The second kappa shape index (κ2) is 4.57. The Bertz CT molecular complexity index is 528. The van der Waals surface area contributed by atoms with Crippen LogP contribution in [0.4, 0.5) is 5.69 Å². The van der Waals surface area contributed by atoms with Gasteiger partial charge in [0.2, 0.25) is 0 Å². The highest BCUT2D eigenvalue weighted by Crippen LogP contribution is 2.30. The molecule has 2 N–H and O–H groups in total. The number of pyridine rings is 1. The number of nitrogens with two attached hydrogens (primary N) is 1. The fraction of sp³-hybridized carbons (Fsp3) is 0.385. The van der Waals surface area contributed by atoms with Crippen LogP contribution in [-0.4, -0.2) is 14.8 Å². The molecule has 0 unspecified atom stereocenters. The lowest BCUT2D eigenvalue weighted by Gasteiger charge is -2.06. The molecular weight excluding hydrogens is 212 g/mol. The van der Waals surface area contributed by atoms with Crippen LogP contribution < -0.4 is 5.73 Å². The lowest BCUT2D eigenvalue weighted by atomic mass is 10.0. The second-order valence-electron chi connectivity index (χ2n) is 4.23. The van der Waals surface area contributed by atoms with Gasteiger partial charge in [0.15, 0.2) is 0 Å². The van der Waals surface area contributed by atoms with E-state index in [-0.39, 0.29) is 0 Å². The summed E-state index contributed by atoms with van der Waals surface area (Å²) >= 11 is 0. The number of hydrogen-bond acceptors (Lipinski definition) is 3. The lowest BCUT2D eigenvalue weighted by molar-refractivity contribution is 0.583. The summed E-state index contributed by atoms with van der Waals surface area (Å²) in [5.74, 6) is 0. The van der Waals surface area contributed by atoms with Gasteiger partial charge in [0.1, 0.15) is 0 Å². The van der Waals surface area contributed by atoms with Gasteiger partial charge in [0.05, 0.1) is 17.6 Å². The third kappa shape index (κ3) is 2.02. The molecule has 4 heteroatoms.